The van der Waals surface area contributed by atoms with Gasteiger partial charge in [-0.2, -0.15) is 0 Å². The molecule has 4 rings (SSSR count). The van der Waals surface area contributed by atoms with Crippen molar-refractivity contribution in [2.75, 3.05) is 7.11 Å². The van der Waals surface area contributed by atoms with E-state index in [-0.39, 0.29) is 5.91 Å². The van der Waals surface area contributed by atoms with Gasteiger partial charge in [-0.1, -0.05) is 30.3 Å². The quantitative estimate of drug-likeness (QED) is 0.718. The van der Waals surface area contributed by atoms with Crippen molar-refractivity contribution in [3.8, 4) is 16.9 Å². The van der Waals surface area contributed by atoms with Crippen LogP contribution >= 0.6 is 0 Å². The van der Waals surface area contributed by atoms with Crippen molar-refractivity contribution in [2.24, 2.45) is 0 Å². The Morgan fingerprint density at radius 1 is 1.05 bits per heavy atom. The number of amides is 1. The lowest BCUT2D eigenvalue weighted by Gasteiger charge is -2.11. The third-order valence-electron chi connectivity index (χ3n) is 3.95. The number of nitrogens with one attached hydrogen (secondary N) is 2. The third-order valence-corrected chi connectivity index (χ3v) is 3.95. The number of rotatable bonds is 1. The van der Waals surface area contributed by atoms with E-state index in [4.69, 9.17) is 4.74 Å². The van der Waals surface area contributed by atoms with Gasteiger partial charge in [-0.25, -0.2) is 0 Å². The molecule has 2 aromatic carbocycles. The number of hydrogen-bond acceptors (Lipinski definition) is 2. The van der Waals surface area contributed by atoms with Gasteiger partial charge in [0.15, 0.2) is 0 Å². The van der Waals surface area contributed by atoms with Crippen molar-refractivity contribution >= 4 is 16.8 Å². The van der Waals surface area contributed by atoms with E-state index >= 15 is 0 Å². The molecule has 1 aliphatic rings. The number of fused-ring (bicyclic) bond motifs is 5. The minimum absolute atomic E-state index is 0.0838. The van der Waals surface area contributed by atoms with E-state index in [0.717, 1.165) is 33.3 Å². The Hall–Kier alpha value is -2.75. The Bertz CT molecular complexity index is 864. The molecule has 1 aromatic heterocycles. The van der Waals surface area contributed by atoms with Crippen molar-refractivity contribution in [2.45, 2.75) is 6.54 Å². The molecule has 0 aliphatic carbocycles. The lowest BCUT2D eigenvalue weighted by atomic mass is 9.96. The summed E-state index contributed by atoms with van der Waals surface area (Å²) < 4.78 is 5.53. The van der Waals surface area contributed by atoms with E-state index in [2.05, 4.69) is 10.3 Å². The summed E-state index contributed by atoms with van der Waals surface area (Å²) in [6.45, 7) is 0.502. The molecule has 0 radical (unpaired) electrons. The molecule has 21 heavy (non-hydrogen) atoms. The molecule has 0 bridgehead atoms. The zero-order valence-electron chi connectivity index (χ0n) is 11.6. The van der Waals surface area contributed by atoms with Crippen LogP contribution in [0.2, 0.25) is 0 Å². The highest BCUT2D eigenvalue weighted by Crippen LogP contribution is 2.41. The summed E-state index contributed by atoms with van der Waals surface area (Å²) in [4.78, 5) is 15.6. The first kappa shape index (κ1) is 12.0. The second-order valence-electron chi connectivity index (χ2n) is 5.10. The van der Waals surface area contributed by atoms with Crippen LogP contribution in [0.5, 0.6) is 5.75 Å². The molecule has 0 fully saturated rings. The Balaban J connectivity index is 2.17. The Morgan fingerprint density at radius 2 is 1.90 bits per heavy atom. The van der Waals surface area contributed by atoms with Crippen LogP contribution in [0, 0.1) is 0 Å². The van der Waals surface area contributed by atoms with Gasteiger partial charge in [0.25, 0.3) is 5.91 Å². The summed E-state index contributed by atoms with van der Waals surface area (Å²) in [6.07, 6.45) is 0. The van der Waals surface area contributed by atoms with Crippen molar-refractivity contribution in [3.63, 3.8) is 0 Å². The average Bonchev–Trinajstić information content (AvgIpc) is 2.84. The molecule has 1 amide bonds. The van der Waals surface area contributed by atoms with Crippen LogP contribution in [0.4, 0.5) is 0 Å². The number of ether oxygens (including phenoxy) is 1. The van der Waals surface area contributed by atoms with Gasteiger partial charge in [0, 0.05) is 28.6 Å². The van der Waals surface area contributed by atoms with Crippen molar-refractivity contribution < 1.29 is 9.53 Å². The number of hydrogen-bond donors (Lipinski definition) is 2. The third kappa shape index (κ3) is 1.65. The minimum Gasteiger partial charge on any atom is -0.496 e. The number of methoxy groups -OCH3 is 1. The number of H-pyrrole nitrogens is 1. The molecule has 0 atom stereocenters. The molecule has 1 aliphatic heterocycles. The smallest absolute Gasteiger partial charge is 0.268 e. The predicted octanol–water partition coefficient (Wildman–Crippen LogP) is 3.09. The molecule has 0 saturated carbocycles. The normalized spacial score (nSPS) is 13.3. The van der Waals surface area contributed by atoms with Crippen molar-refractivity contribution in [1.29, 1.82) is 0 Å². The first-order valence-corrected chi connectivity index (χ1v) is 6.84. The molecule has 0 unspecified atom stereocenters. The second-order valence-corrected chi connectivity index (χ2v) is 5.10. The van der Waals surface area contributed by atoms with E-state index in [0.29, 0.717) is 12.2 Å². The van der Waals surface area contributed by atoms with Crippen LogP contribution in [0.15, 0.2) is 42.5 Å². The largest absolute Gasteiger partial charge is 0.496 e. The van der Waals surface area contributed by atoms with Crippen LogP contribution in [0.1, 0.15) is 16.1 Å². The minimum atomic E-state index is -0.0838. The fourth-order valence-corrected chi connectivity index (χ4v) is 3.01. The standard InChI is InChI=1S/C17H14N2O2/c1-21-13-8-4-5-10-9-18-17(20)16-15(14(10)13)11-6-2-3-7-12(11)19-16/h2-8,19H,9H2,1H3,(H,18,20). The molecule has 4 heteroatoms. The van der Waals surface area contributed by atoms with Crippen molar-refractivity contribution in [1.82, 2.24) is 10.3 Å². The van der Waals surface area contributed by atoms with Crippen LogP contribution < -0.4 is 10.1 Å². The molecule has 2 N–H and O–H groups in total. The molecule has 104 valence electrons. The summed E-state index contributed by atoms with van der Waals surface area (Å²) in [5.74, 6) is 0.703. The topological polar surface area (TPSA) is 54.1 Å². The van der Waals surface area contributed by atoms with Gasteiger partial charge in [0.05, 0.1) is 7.11 Å². The van der Waals surface area contributed by atoms with Gasteiger partial charge < -0.3 is 15.0 Å². The van der Waals surface area contributed by atoms with Gasteiger partial charge in [-0.15, -0.1) is 0 Å². The average molecular weight is 278 g/mol. The van der Waals surface area contributed by atoms with Gasteiger partial charge in [-0.05, 0) is 17.7 Å². The van der Waals surface area contributed by atoms with E-state index in [1.807, 2.05) is 42.5 Å². The zero-order valence-corrected chi connectivity index (χ0v) is 11.6. The highest BCUT2D eigenvalue weighted by Gasteiger charge is 2.26. The summed E-state index contributed by atoms with van der Waals surface area (Å²) in [5, 5.41) is 3.98. The SMILES string of the molecule is COc1cccc2c1-c1c([nH]c3ccccc13)C(=O)NC2. The number of benzene rings is 2. The van der Waals surface area contributed by atoms with E-state index in [9.17, 15) is 4.79 Å². The van der Waals surface area contributed by atoms with Crippen LogP contribution in [0.25, 0.3) is 22.0 Å². The first-order valence-electron chi connectivity index (χ1n) is 6.84. The maximum atomic E-state index is 12.4. The summed E-state index contributed by atoms with van der Waals surface area (Å²) in [5.41, 5.74) is 4.53. The van der Waals surface area contributed by atoms with Crippen molar-refractivity contribution in [3.05, 3.63) is 53.7 Å². The molecule has 0 saturated heterocycles. The van der Waals surface area contributed by atoms with E-state index < -0.39 is 0 Å². The fraction of sp³-hybridized carbons (Fsp3) is 0.118. The van der Waals surface area contributed by atoms with Crippen LogP contribution in [-0.2, 0) is 6.54 Å². The number of aromatic amines is 1. The molecule has 0 spiro atoms. The highest BCUT2D eigenvalue weighted by atomic mass is 16.5. The fourth-order valence-electron chi connectivity index (χ4n) is 3.01. The second kappa shape index (κ2) is 4.38. The molecule has 4 nitrogen and oxygen atoms in total. The van der Waals surface area contributed by atoms with Gasteiger partial charge in [0.1, 0.15) is 11.4 Å². The summed E-state index contributed by atoms with van der Waals surface area (Å²) in [6, 6.07) is 13.8. The first-order chi connectivity index (χ1) is 10.3. The zero-order chi connectivity index (χ0) is 14.4. The lowest BCUT2D eigenvalue weighted by molar-refractivity contribution is 0.0948. The molecule has 3 aromatic rings. The molecular weight excluding hydrogens is 264 g/mol. The Kier molecular flexibility index (Phi) is 2.51. The summed E-state index contributed by atoms with van der Waals surface area (Å²) in [7, 11) is 1.66. The van der Waals surface area contributed by atoms with Crippen LogP contribution in [-0.4, -0.2) is 18.0 Å². The summed E-state index contributed by atoms with van der Waals surface area (Å²) >= 11 is 0. The monoisotopic (exact) mass is 278 g/mol. The number of para-hydroxylation sites is 1. The predicted molar refractivity (Wildman–Crippen MR) is 81.5 cm³/mol. The number of carbonyl (C=O) groups is 1. The Labute approximate surface area is 121 Å². The van der Waals surface area contributed by atoms with E-state index in [1.54, 1.807) is 7.11 Å². The van der Waals surface area contributed by atoms with Crippen LogP contribution in [0.3, 0.4) is 0 Å². The maximum absolute atomic E-state index is 12.4. The Morgan fingerprint density at radius 3 is 2.76 bits per heavy atom. The molecular formula is C17H14N2O2. The lowest BCUT2D eigenvalue weighted by Crippen LogP contribution is -2.21. The van der Waals surface area contributed by atoms with Gasteiger partial charge in [-0.3, -0.25) is 4.79 Å². The number of carbonyl (C=O) groups excluding carboxylic acids is 1. The highest BCUT2D eigenvalue weighted by molar-refractivity contribution is 6.11. The maximum Gasteiger partial charge on any atom is 0.268 e. The number of aromatic nitrogens is 1. The van der Waals surface area contributed by atoms with Gasteiger partial charge >= 0.3 is 0 Å². The van der Waals surface area contributed by atoms with Gasteiger partial charge in [0.2, 0.25) is 0 Å². The molecule has 2 heterocycles. The van der Waals surface area contributed by atoms with E-state index in [1.165, 1.54) is 0 Å².